The first-order chi connectivity index (χ1) is 12.9. The van der Waals surface area contributed by atoms with Gasteiger partial charge in [0.05, 0.1) is 5.70 Å². The highest BCUT2D eigenvalue weighted by molar-refractivity contribution is 5.98. The number of nitrogens with one attached hydrogen (secondary N) is 1. The molecule has 0 saturated heterocycles. The van der Waals surface area contributed by atoms with E-state index in [0.29, 0.717) is 18.8 Å². The first-order valence-electron chi connectivity index (χ1n) is 10.1. The van der Waals surface area contributed by atoms with Crippen LogP contribution in [0.1, 0.15) is 52.9 Å². The number of amides is 1. The number of allylic oxidation sites excluding steroid dienone is 3. The average Bonchev–Trinajstić information content (AvgIpc) is 3.06. The third kappa shape index (κ3) is 4.07. The summed E-state index contributed by atoms with van der Waals surface area (Å²) in [4.78, 5) is 24.3. The van der Waals surface area contributed by atoms with Crippen LogP contribution in [0.3, 0.4) is 0 Å². The van der Waals surface area contributed by atoms with E-state index in [1.54, 1.807) is 6.08 Å². The normalized spacial score (nSPS) is 31.4. The van der Waals surface area contributed by atoms with Crippen molar-refractivity contribution < 1.29 is 9.59 Å². The topological polar surface area (TPSA) is 61.8 Å². The summed E-state index contributed by atoms with van der Waals surface area (Å²) in [5, 5.41) is 9.81. The molecule has 1 aliphatic carbocycles. The van der Waals surface area contributed by atoms with Crippen LogP contribution in [0.25, 0.3) is 0 Å². The summed E-state index contributed by atoms with van der Waals surface area (Å²) in [6.45, 7) is 10.9. The quantitative estimate of drug-likeness (QED) is 0.442. The highest BCUT2D eigenvalue weighted by Crippen LogP contribution is 2.38. The molecule has 0 aromatic rings. The lowest BCUT2D eigenvalue weighted by Gasteiger charge is -2.40. The first kappa shape index (κ1) is 19.6. The maximum atomic E-state index is 12.6. The molecule has 2 aliphatic heterocycles. The zero-order chi connectivity index (χ0) is 19.6. The van der Waals surface area contributed by atoms with Crippen LogP contribution in [-0.2, 0) is 9.59 Å². The van der Waals surface area contributed by atoms with Gasteiger partial charge in [-0.3, -0.25) is 14.6 Å². The van der Waals surface area contributed by atoms with Crippen LogP contribution >= 0.6 is 0 Å². The molecule has 5 nitrogen and oxygen atoms in total. The largest absolute Gasteiger partial charge is 0.349 e. The van der Waals surface area contributed by atoms with Gasteiger partial charge in [-0.15, -0.1) is 0 Å². The highest BCUT2D eigenvalue weighted by atomic mass is 16.2. The summed E-state index contributed by atoms with van der Waals surface area (Å²) in [5.41, 5.74) is 3.46. The number of hydrogen-bond donors (Lipinski definition) is 1. The van der Waals surface area contributed by atoms with Gasteiger partial charge in [-0.05, 0) is 56.1 Å². The van der Waals surface area contributed by atoms with Crippen molar-refractivity contribution in [3.63, 3.8) is 0 Å². The van der Waals surface area contributed by atoms with Gasteiger partial charge in [0.2, 0.25) is 5.91 Å². The van der Waals surface area contributed by atoms with E-state index in [0.717, 1.165) is 41.2 Å². The Kier molecular flexibility index (Phi) is 5.98. The van der Waals surface area contributed by atoms with Crippen LogP contribution in [0.15, 0.2) is 40.2 Å². The molecule has 3 aliphatic rings. The summed E-state index contributed by atoms with van der Waals surface area (Å²) in [6, 6.07) is -0.0397. The second-order valence-electron chi connectivity index (χ2n) is 8.34. The van der Waals surface area contributed by atoms with E-state index in [4.69, 9.17) is 0 Å². The number of hydrogen-bond acceptors (Lipinski definition) is 4. The Bertz CT molecular complexity index is 719. The molecular weight excluding hydrogens is 338 g/mol. The lowest BCUT2D eigenvalue weighted by Crippen LogP contribution is -2.49. The Morgan fingerprint density at radius 2 is 2.19 bits per heavy atom. The second kappa shape index (κ2) is 8.24. The number of aldehydes is 1. The van der Waals surface area contributed by atoms with Gasteiger partial charge in [0.15, 0.2) is 0 Å². The Balaban J connectivity index is 1.91. The van der Waals surface area contributed by atoms with Crippen LogP contribution < -0.4 is 5.32 Å². The smallest absolute Gasteiger partial charge is 0.249 e. The monoisotopic (exact) mass is 369 g/mol. The molecule has 0 aromatic heterocycles. The van der Waals surface area contributed by atoms with Gasteiger partial charge < -0.3 is 5.32 Å². The van der Waals surface area contributed by atoms with Gasteiger partial charge in [-0.25, -0.2) is 0 Å². The van der Waals surface area contributed by atoms with Crippen LogP contribution in [0.2, 0.25) is 0 Å². The second-order valence-corrected chi connectivity index (χ2v) is 8.34. The van der Waals surface area contributed by atoms with Gasteiger partial charge in [-0.1, -0.05) is 26.0 Å². The third-order valence-electron chi connectivity index (χ3n) is 6.32. The molecule has 1 fully saturated rings. The molecule has 146 valence electrons. The van der Waals surface area contributed by atoms with Gasteiger partial charge in [0.25, 0.3) is 0 Å². The maximum absolute atomic E-state index is 12.6. The lowest BCUT2D eigenvalue weighted by atomic mass is 9.82. The van der Waals surface area contributed by atoms with Crippen LogP contribution in [0.4, 0.5) is 0 Å². The Morgan fingerprint density at radius 1 is 1.41 bits per heavy atom. The highest BCUT2D eigenvalue weighted by Gasteiger charge is 2.39. The minimum Gasteiger partial charge on any atom is -0.349 e. The summed E-state index contributed by atoms with van der Waals surface area (Å²) >= 11 is 0. The minimum atomic E-state index is -0.0397. The molecule has 27 heavy (non-hydrogen) atoms. The Hall–Kier alpha value is -2.17. The predicted octanol–water partition coefficient (Wildman–Crippen LogP) is 3.59. The SMILES string of the molecule is C=C/C(C)=C(/C=O)CC1C2=C(CC=NN2CC2CCC(C)C2)C(=O)NC1C. The van der Waals surface area contributed by atoms with Gasteiger partial charge in [-0.2, -0.15) is 5.10 Å². The fraction of sp³-hybridized carbons (Fsp3) is 0.591. The molecule has 3 rings (SSSR count). The van der Waals surface area contributed by atoms with Crippen LogP contribution in [0, 0.1) is 17.8 Å². The van der Waals surface area contributed by atoms with Crippen LogP contribution in [-0.4, -0.2) is 36.0 Å². The van der Waals surface area contributed by atoms with E-state index in [1.807, 2.05) is 20.1 Å². The molecule has 4 atom stereocenters. The third-order valence-corrected chi connectivity index (χ3v) is 6.32. The Morgan fingerprint density at radius 3 is 2.81 bits per heavy atom. The molecule has 0 radical (unpaired) electrons. The molecule has 1 N–H and O–H groups in total. The molecule has 1 amide bonds. The predicted molar refractivity (Wildman–Crippen MR) is 108 cm³/mol. The van der Waals surface area contributed by atoms with Gasteiger partial charge in [0, 0.05) is 36.7 Å². The van der Waals surface area contributed by atoms with Crippen molar-refractivity contribution in [3.8, 4) is 0 Å². The minimum absolute atomic E-state index is 0.00163. The van der Waals surface area contributed by atoms with Crippen molar-refractivity contribution in [1.82, 2.24) is 10.3 Å². The molecule has 2 heterocycles. The fourth-order valence-electron chi connectivity index (χ4n) is 4.63. The van der Waals surface area contributed by atoms with Crippen molar-refractivity contribution in [2.45, 2.75) is 58.9 Å². The lowest BCUT2D eigenvalue weighted by molar-refractivity contribution is -0.119. The van der Waals surface area contributed by atoms with Crippen molar-refractivity contribution in [2.24, 2.45) is 22.9 Å². The van der Waals surface area contributed by atoms with E-state index in [2.05, 4.69) is 28.9 Å². The molecule has 1 saturated carbocycles. The average molecular weight is 370 g/mol. The van der Waals surface area contributed by atoms with Crippen molar-refractivity contribution in [2.75, 3.05) is 6.54 Å². The zero-order valence-corrected chi connectivity index (χ0v) is 16.7. The first-order valence-corrected chi connectivity index (χ1v) is 10.1. The van der Waals surface area contributed by atoms with E-state index >= 15 is 0 Å². The number of carbonyl (C=O) groups is 2. The summed E-state index contributed by atoms with van der Waals surface area (Å²) < 4.78 is 0. The summed E-state index contributed by atoms with van der Waals surface area (Å²) in [6.07, 6.45) is 9.35. The number of hydrazone groups is 1. The number of rotatable bonds is 6. The molecule has 0 spiro atoms. The van der Waals surface area contributed by atoms with E-state index in [9.17, 15) is 9.59 Å². The van der Waals surface area contributed by atoms with Gasteiger partial charge >= 0.3 is 0 Å². The number of carbonyl (C=O) groups excluding carboxylic acids is 2. The maximum Gasteiger partial charge on any atom is 0.249 e. The molecular formula is C22H31N3O2. The van der Waals surface area contributed by atoms with E-state index in [-0.39, 0.29) is 17.9 Å². The van der Waals surface area contributed by atoms with Crippen molar-refractivity contribution >= 4 is 18.4 Å². The summed E-state index contributed by atoms with van der Waals surface area (Å²) in [7, 11) is 0. The molecule has 0 bridgehead atoms. The van der Waals surface area contributed by atoms with Crippen LogP contribution in [0.5, 0.6) is 0 Å². The van der Waals surface area contributed by atoms with E-state index in [1.165, 1.54) is 19.3 Å². The van der Waals surface area contributed by atoms with Crippen molar-refractivity contribution in [1.29, 1.82) is 0 Å². The Labute approximate surface area is 162 Å². The van der Waals surface area contributed by atoms with E-state index < -0.39 is 0 Å². The zero-order valence-electron chi connectivity index (χ0n) is 16.7. The van der Waals surface area contributed by atoms with Crippen molar-refractivity contribution in [3.05, 3.63) is 35.1 Å². The molecule has 0 aromatic carbocycles. The van der Waals surface area contributed by atoms with Gasteiger partial charge in [0.1, 0.15) is 6.29 Å². The fourth-order valence-corrected chi connectivity index (χ4v) is 4.63. The molecule has 4 unspecified atom stereocenters. The summed E-state index contributed by atoms with van der Waals surface area (Å²) in [5.74, 6) is 1.42. The molecule has 5 heteroatoms. The standard InChI is InChI=1S/C22H31N3O2/c1-5-15(3)18(13-26)11-20-16(4)24-22(27)19-8-9-23-25(21(19)20)12-17-7-6-14(2)10-17/h5,9,13-14,16-17,20H,1,6-8,10-12H2,2-4H3,(H,24,27)/b18-15+. The number of nitrogens with zero attached hydrogens (tertiary/aromatic N) is 2.